The summed E-state index contributed by atoms with van der Waals surface area (Å²) >= 11 is 1.65. The molecular formula is C20H29N5OS. The molecule has 0 radical (unpaired) electrons. The molecule has 7 heteroatoms. The number of carbonyl (C=O) groups is 1. The average Bonchev–Trinajstić information content (AvgIpc) is 3.26. The Morgan fingerprint density at radius 1 is 1.11 bits per heavy atom. The van der Waals surface area contributed by atoms with Gasteiger partial charge in [-0.1, -0.05) is 38.1 Å². The molecule has 3 rings (SSSR count). The Balaban J connectivity index is 1.43. The zero-order valence-electron chi connectivity index (χ0n) is 16.2. The second-order valence-corrected chi connectivity index (χ2v) is 7.60. The van der Waals surface area contributed by atoms with E-state index in [1.807, 2.05) is 16.5 Å². The molecule has 0 aliphatic carbocycles. The lowest BCUT2D eigenvalue weighted by Crippen LogP contribution is -2.51. The van der Waals surface area contributed by atoms with Crippen molar-refractivity contribution in [3.05, 3.63) is 47.0 Å². The van der Waals surface area contributed by atoms with Crippen LogP contribution in [0.15, 0.2) is 35.8 Å². The highest BCUT2D eigenvalue weighted by molar-refractivity contribution is 7.13. The van der Waals surface area contributed by atoms with E-state index in [1.54, 1.807) is 11.3 Å². The van der Waals surface area contributed by atoms with Crippen LogP contribution in [0.4, 0.5) is 9.93 Å². The predicted molar refractivity (Wildman–Crippen MR) is 111 cm³/mol. The molecule has 0 atom stereocenters. The molecule has 1 N–H and O–H groups in total. The first-order valence-corrected chi connectivity index (χ1v) is 10.5. The number of hydrogen-bond donors (Lipinski definition) is 1. The molecule has 146 valence electrons. The number of urea groups is 1. The number of benzene rings is 1. The van der Waals surface area contributed by atoms with Gasteiger partial charge in [-0.3, -0.25) is 4.90 Å². The van der Waals surface area contributed by atoms with E-state index in [0.717, 1.165) is 56.5 Å². The van der Waals surface area contributed by atoms with Gasteiger partial charge in [-0.05, 0) is 24.2 Å². The number of hydrogen-bond acceptors (Lipinski definition) is 5. The summed E-state index contributed by atoms with van der Waals surface area (Å²) in [6.07, 6.45) is 1.83. The van der Waals surface area contributed by atoms with Gasteiger partial charge in [0.05, 0.1) is 0 Å². The molecule has 1 fully saturated rings. The van der Waals surface area contributed by atoms with Crippen LogP contribution >= 0.6 is 11.3 Å². The molecule has 27 heavy (non-hydrogen) atoms. The maximum atomic E-state index is 12.4. The van der Waals surface area contributed by atoms with Crippen LogP contribution in [0.3, 0.4) is 0 Å². The average molecular weight is 388 g/mol. The van der Waals surface area contributed by atoms with Crippen LogP contribution in [0.25, 0.3) is 0 Å². The van der Waals surface area contributed by atoms with E-state index >= 15 is 0 Å². The van der Waals surface area contributed by atoms with Crippen LogP contribution in [-0.4, -0.2) is 60.1 Å². The molecule has 1 aliphatic rings. The maximum absolute atomic E-state index is 12.4. The summed E-state index contributed by atoms with van der Waals surface area (Å²) in [5.74, 6) is 0. The van der Waals surface area contributed by atoms with Crippen LogP contribution in [0.5, 0.6) is 0 Å². The van der Waals surface area contributed by atoms with Crippen LogP contribution in [-0.2, 0) is 13.1 Å². The largest absolute Gasteiger partial charge is 0.345 e. The zero-order valence-corrected chi connectivity index (χ0v) is 17.0. The van der Waals surface area contributed by atoms with E-state index in [9.17, 15) is 4.79 Å². The van der Waals surface area contributed by atoms with Gasteiger partial charge in [-0.15, -0.1) is 11.3 Å². The SMILES string of the molecule is CCN(CC)Cc1ccc(CNC(=O)N2CCN(c3nccs3)CC2)cc1. The summed E-state index contributed by atoms with van der Waals surface area (Å²) < 4.78 is 0. The first-order chi connectivity index (χ1) is 13.2. The molecule has 0 unspecified atom stereocenters. The lowest BCUT2D eigenvalue weighted by molar-refractivity contribution is 0.194. The third kappa shape index (κ3) is 5.43. The van der Waals surface area contributed by atoms with E-state index in [-0.39, 0.29) is 6.03 Å². The van der Waals surface area contributed by atoms with E-state index in [2.05, 4.69) is 58.2 Å². The highest BCUT2D eigenvalue weighted by Crippen LogP contribution is 2.18. The van der Waals surface area contributed by atoms with Crippen molar-refractivity contribution < 1.29 is 4.79 Å². The topological polar surface area (TPSA) is 51.7 Å². The summed E-state index contributed by atoms with van der Waals surface area (Å²) in [4.78, 5) is 23.3. The molecule has 2 heterocycles. The summed E-state index contributed by atoms with van der Waals surface area (Å²) in [6.45, 7) is 11.2. The molecule has 1 aliphatic heterocycles. The fourth-order valence-corrected chi connectivity index (χ4v) is 3.93. The van der Waals surface area contributed by atoms with Crippen LogP contribution < -0.4 is 10.2 Å². The summed E-state index contributed by atoms with van der Waals surface area (Å²) in [6, 6.07) is 8.55. The number of rotatable bonds is 7. The monoisotopic (exact) mass is 387 g/mol. The lowest BCUT2D eigenvalue weighted by atomic mass is 10.1. The van der Waals surface area contributed by atoms with Gasteiger partial charge in [0.15, 0.2) is 5.13 Å². The van der Waals surface area contributed by atoms with Gasteiger partial charge < -0.3 is 15.1 Å². The third-order valence-corrected chi connectivity index (χ3v) is 5.86. The first kappa shape index (κ1) is 19.6. The van der Waals surface area contributed by atoms with Crippen molar-refractivity contribution in [3.63, 3.8) is 0 Å². The van der Waals surface area contributed by atoms with Crippen LogP contribution in [0, 0.1) is 0 Å². The first-order valence-electron chi connectivity index (χ1n) is 9.67. The number of amides is 2. The Hall–Kier alpha value is -2.12. The highest BCUT2D eigenvalue weighted by Gasteiger charge is 2.22. The summed E-state index contributed by atoms with van der Waals surface area (Å²) in [7, 11) is 0. The van der Waals surface area contributed by atoms with Gasteiger partial charge in [0, 0.05) is 50.8 Å². The van der Waals surface area contributed by atoms with Crippen molar-refractivity contribution in [3.8, 4) is 0 Å². The molecule has 6 nitrogen and oxygen atoms in total. The molecule has 1 aromatic carbocycles. The molecule has 0 saturated carbocycles. The van der Waals surface area contributed by atoms with E-state index in [0.29, 0.717) is 6.54 Å². The van der Waals surface area contributed by atoms with Crippen molar-refractivity contribution in [2.24, 2.45) is 0 Å². The van der Waals surface area contributed by atoms with Gasteiger partial charge >= 0.3 is 6.03 Å². The van der Waals surface area contributed by atoms with Crippen molar-refractivity contribution in [1.29, 1.82) is 0 Å². The Morgan fingerprint density at radius 3 is 2.37 bits per heavy atom. The minimum absolute atomic E-state index is 0.0148. The Morgan fingerprint density at radius 2 is 1.78 bits per heavy atom. The van der Waals surface area contributed by atoms with E-state index in [4.69, 9.17) is 0 Å². The second-order valence-electron chi connectivity index (χ2n) is 6.73. The van der Waals surface area contributed by atoms with Crippen LogP contribution in [0.1, 0.15) is 25.0 Å². The fraction of sp³-hybridized carbons (Fsp3) is 0.500. The molecule has 2 aromatic rings. The maximum Gasteiger partial charge on any atom is 0.317 e. The van der Waals surface area contributed by atoms with Gasteiger partial charge in [-0.25, -0.2) is 9.78 Å². The predicted octanol–water partition coefficient (Wildman–Crippen LogP) is 3.02. The molecule has 2 amide bonds. The molecule has 1 saturated heterocycles. The normalized spacial score (nSPS) is 14.6. The molecule has 0 bridgehead atoms. The number of anilines is 1. The van der Waals surface area contributed by atoms with Crippen molar-refractivity contribution in [2.45, 2.75) is 26.9 Å². The number of nitrogens with one attached hydrogen (secondary N) is 1. The number of aromatic nitrogens is 1. The summed E-state index contributed by atoms with van der Waals surface area (Å²) in [5.41, 5.74) is 2.44. The second kappa shape index (κ2) is 9.71. The molecular weight excluding hydrogens is 358 g/mol. The van der Waals surface area contributed by atoms with Gasteiger partial charge in [-0.2, -0.15) is 0 Å². The van der Waals surface area contributed by atoms with Gasteiger partial charge in [0.25, 0.3) is 0 Å². The fourth-order valence-electron chi connectivity index (χ4n) is 3.23. The number of nitrogens with zero attached hydrogens (tertiary/aromatic N) is 4. The van der Waals surface area contributed by atoms with Crippen LogP contribution in [0.2, 0.25) is 0 Å². The Kier molecular flexibility index (Phi) is 7.06. The molecule has 1 aromatic heterocycles. The Labute approximate surface area is 165 Å². The molecule has 0 spiro atoms. The van der Waals surface area contributed by atoms with E-state index in [1.165, 1.54) is 5.56 Å². The minimum Gasteiger partial charge on any atom is -0.345 e. The van der Waals surface area contributed by atoms with Crippen molar-refractivity contribution >= 4 is 22.5 Å². The van der Waals surface area contributed by atoms with Gasteiger partial charge in [0.1, 0.15) is 0 Å². The van der Waals surface area contributed by atoms with Gasteiger partial charge in [0.2, 0.25) is 0 Å². The Bertz CT molecular complexity index is 692. The zero-order chi connectivity index (χ0) is 19.1. The lowest BCUT2D eigenvalue weighted by Gasteiger charge is -2.34. The smallest absolute Gasteiger partial charge is 0.317 e. The number of thiazole rings is 1. The third-order valence-electron chi connectivity index (χ3n) is 5.02. The number of carbonyl (C=O) groups excluding carboxylic acids is 1. The summed E-state index contributed by atoms with van der Waals surface area (Å²) in [5, 5.41) is 6.08. The number of piperazine rings is 1. The van der Waals surface area contributed by atoms with E-state index < -0.39 is 0 Å². The van der Waals surface area contributed by atoms with Crippen molar-refractivity contribution in [2.75, 3.05) is 44.2 Å². The van der Waals surface area contributed by atoms with Crippen molar-refractivity contribution in [1.82, 2.24) is 20.1 Å². The minimum atomic E-state index is 0.0148. The quantitative estimate of drug-likeness (QED) is 0.793. The standard InChI is InChI=1S/C20H29N5OS/c1-3-23(4-2)16-18-7-5-17(6-8-18)15-22-19(26)24-10-12-25(13-11-24)20-21-9-14-27-20/h5-9,14H,3-4,10-13,15-16H2,1-2H3,(H,22,26). The highest BCUT2D eigenvalue weighted by atomic mass is 32.1.